The van der Waals surface area contributed by atoms with Gasteiger partial charge in [-0.2, -0.15) is 4.39 Å². The normalized spacial score (nSPS) is 14.7. The Morgan fingerprint density at radius 3 is 2.76 bits per heavy atom. The first-order valence-corrected chi connectivity index (χ1v) is 6.54. The molecule has 0 unspecified atom stereocenters. The minimum atomic E-state index is -1.70. The number of amides is 1. The van der Waals surface area contributed by atoms with Gasteiger partial charge < -0.3 is 15.7 Å². The van der Waals surface area contributed by atoms with E-state index in [9.17, 15) is 18.0 Å². The van der Waals surface area contributed by atoms with E-state index in [1.165, 1.54) is 5.57 Å². The fraction of sp³-hybridized carbons (Fsp3) is 0.357. The molecule has 0 fully saturated rings. The number of carbonyl (C=O) groups is 1. The van der Waals surface area contributed by atoms with Crippen molar-refractivity contribution in [1.82, 2.24) is 10.6 Å². The van der Waals surface area contributed by atoms with Gasteiger partial charge in [0, 0.05) is 13.1 Å². The summed E-state index contributed by atoms with van der Waals surface area (Å²) < 4.78 is 39.6. The van der Waals surface area contributed by atoms with E-state index < -0.39 is 34.7 Å². The molecule has 1 aromatic rings. The fourth-order valence-corrected chi connectivity index (χ4v) is 2.08. The van der Waals surface area contributed by atoms with Crippen LogP contribution in [0, 0.1) is 17.5 Å². The van der Waals surface area contributed by atoms with Crippen molar-refractivity contribution < 1.29 is 23.1 Å². The molecule has 0 saturated carbocycles. The number of nitrogens with one attached hydrogen (secondary N) is 2. The van der Waals surface area contributed by atoms with Crippen molar-refractivity contribution in [2.24, 2.45) is 0 Å². The highest BCUT2D eigenvalue weighted by Gasteiger charge is 2.22. The molecule has 7 heteroatoms. The van der Waals surface area contributed by atoms with Crippen molar-refractivity contribution in [3.8, 4) is 5.75 Å². The van der Waals surface area contributed by atoms with E-state index >= 15 is 0 Å². The first-order chi connectivity index (χ1) is 10.0. The van der Waals surface area contributed by atoms with Crippen LogP contribution in [0.4, 0.5) is 13.2 Å². The van der Waals surface area contributed by atoms with Gasteiger partial charge in [-0.3, -0.25) is 4.79 Å². The van der Waals surface area contributed by atoms with Crippen LogP contribution < -0.4 is 10.6 Å². The molecule has 1 heterocycles. The van der Waals surface area contributed by atoms with Crippen LogP contribution in [0.1, 0.15) is 23.2 Å². The topological polar surface area (TPSA) is 61.4 Å². The molecule has 1 aliphatic heterocycles. The molecule has 0 atom stereocenters. The Morgan fingerprint density at radius 1 is 1.33 bits per heavy atom. The van der Waals surface area contributed by atoms with Gasteiger partial charge in [0.2, 0.25) is 5.82 Å². The van der Waals surface area contributed by atoms with Crippen LogP contribution in [0.25, 0.3) is 0 Å². The van der Waals surface area contributed by atoms with E-state index in [0.29, 0.717) is 12.5 Å². The maximum Gasteiger partial charge on any atom is 0.254 e. The lowest BCUT2D eigenvalue weighted by atomic mass is 10.1. The number of phenolic OH excluding ortho intramolecular Hbond substituents is 1. The molecule has 114 valence electrons. The van der Waals surface area contributed by atoms with Gasteiger partial charge in [0.1, 0.15) is 0 Å². The van der Waals surface area contributed by atoms with Crippen LogP contribution >= 0.6 is 0 Å². The predicted molar refractivity (Wildman–Crippen MR) is 70.5 cm³/mol. The Balaban J connectivity index is 1.99. The minimum Gasteiger partial charge on any atom is -0.503 e. The first kappa shape index (κ1) is 15.4. The van der Waals surface area contributed by atoms with Crippen molar-refractivity contribution in [2.75, 3.05) is 19.6 Å². The second-order valence-electron chi connectivity index (χ2n) is 4.70. The fourth-order valence-electron chi connectivity index (χ4n) is 2.08. The summed E-state index contributed by atoms with van der Waals surface area (Å²) in [5, 5.41) is 14.6. The Labute approximate surface area is 119 Å². The zero-order valence-electron chi connectivity index (χ0n) is 11.2. The van der Waals surface area contributed by atoms with Crippen LogP contribution in [-0.4, -0.2) is 30.6 Å². The van der Waals surface area contributed by atoms with Crippen molar-refractivity contribution in [2.45, 2.75) is 12.8 Å². The Hall–Kier alpha value is -2.02. The standard InChI is InChI=1S/C14H15F3N2O2/c15-10-7-9(11(16)13(20)12(10)17)14(21)19-6-3-8-1-4-18-5-2-8/h1,7,18,20H,2-6H2,(H,19,21). The maximum absolute atomic E-state index is 13.5. The molecule has 1 aliphatic rings. The number of carbonyl (C=O) groups excluding carboxylic acids is 1. The largest absolute Gasteiger partial charge is 0.503 e. The molecule has 1 amide bonds. The van der Waals surface area contributed by atoms with Crippen molar-refractivity contribution in [1.29, 1.82) is 0 Å². The summed E-state index contributed by atoms with van der Waals surface area (Å²) in [6, 6.07) is 0.434. The second-order valence-corrected chi connectivity index (χ2v) is 4.70. The van der Waals surface area contributed by atoms with Gasteiger partial charge in [0.05, 0.1) is 5.56 Å². The van der Waals surface area contributed by atoms with Crippen molar-refractivity contribution in [3.63, 3.8) is 0 Å². The smallest absolute Gasteiger partial charge is 0.254 e. The molecule has 0 aromatic heterocycles. The average Bonchev–Trinajstić information content (AvgIpc) is 2.49. The minimum absolute atomic E-state index is 0.254. The zero-order chi connectivity index (χ0) is 15.4. The third kappa shape index (κ3) is 3.55. The summed E-state index contributed by atoms with van der Waals surface area (Å²) in [5.74, 6) is -7.02. The molecule has 0 radical (unpaired) electrons. The molecular formula is C14H15F3N2O2. The number of aromatic hydroxyl groups is 1. The third-order valence-corrected chi connectivity index (χ3v) is 3.27. The quantitative estimate of drug-likeness (QED) is 0.587. The van der Waals surface area contributed by atoms with Gasteiger partial charge in [-0.25, -0.2) is 8.78 Å². The molecule has 0 spiro atoms. The van der Waals surface area contributed by atoms with Gasteiger partial charge in [0.25, 0.3) is 5.91 Å². The molecular weight excluding hydrogens is 285 g/mol. The van der Waals surface area contributed by atoms with Crippen molar-refractivity contribution in [3.05, 3.63) is 40.7 Å². The van der Waals surface area contributed by atoms with Crippen LogP contribution in [-0.2, 0) is 0 Å². The first-order valence-electron chi connectivity index (χ1n) is 6.54. The van der Waals surface area contributed by atoms with Crippen LogP contribution in [0.3, 0.4) is 0 Å². The number of hydrogen-bond acceptors (Lipinski definition) is 3. The van der Waals surface area contributed by atoms with E-state index in [1.807, 2.05) is 6.08 Å². The summed E-state index contributed by atoms with van der Waals surface area (Å²) in [6.07, 6.45) is 3.49. The van der Waals surface area contributed by atoms with Gasteiger partial charge in [-0.15, -0.1) is 0 Å². The van der Waals surface area contributed by atoms with E-state index in [-0.39, 0.29) is 6.54 Å². The molecule has 2 rings (SSSR count). The lowest BCUT2D eigenvalue weighted by Gasteiger charge is -2.14. The zero-order valence-corrected chi connectivity index (χ0v) is 11.2. The van der Waals surface area contributed by atoms with Gasteiger partial charge in [0.15, 0.2) is 17.4 Å². The number of benzene rings is 1. The molecule has 1 aromatic carbocycles. The monoisotopic (exact) mass is 300 g/mol. The van der Waals surface area contributed by atoms with Crippen LogP contribution in [0.5, 0.6) is 5.75 Å². The molecule has 21 heavy (non-hydrogen) atoms. The highest BCUT2D eigenvalue weighted by atomic mass is 19.2. The summed E-state index contributed by atoms with van der Waals surface area (Å²) in [7, 11) is 0. The van der Waals surface area contributed by atoms with E-state index in [2.05, 4.69) is 10.6 Å². The highest BCUT2D eigenvalue weighted by molar-refractivity contribution is 5.94. The van der Waals surface area contributed by atoms with Crippen molar-refractivity contribution >= 4 is 5.91 Å². The Kier molecular flexibility index (Phi) is 4.85. The summed E-state index contributed by atoms with van der Waals surface area (Å²) in [4.78, 5) is 11.7. The maximum atomic E-state index is 13.5. The van der Waals surface area contributed by atoms with Gasteiger partial charge in [-0.05, 0) is 25.5 Å². The van der Waals surface area contributed by atoms with E-state index in [1.54, 1.807) is 0 Å². The second kappa shape index (κ2) is 6.62. The molecule has 4 nitrogen and oxygen atoms in total. The highest BCUT2D eigenvalue weighted by Crippen LogP contribution is 2.25. The van der Waals surface area contributed by atoms with E-state index in [0.717, 1.165) is 19.5 Å². The molecule has 0 bridgehead atoms. The number of hydrogen-bond donors (Lipinski definition) is 3. The Bertz CT molecular complexity index is 588. The molecule has 0 aliphatic carbocycles. The predicted octanol–water partition coefficient (Wildman–Crippen LogP) is 1.85. The molecule has 0 saturated heterocycles. The number of phenols is 1. The van der Waals surface area contributed by atoms with Gasteiger partial charge in [-0.1, -0.05) is 11.6 Å². The lowest BCUT2D eigenvalue weighted by Crippen LogP contribution is -2.27. The Morgan fingerprint density at radius 2 is 2.10 bits per heavy atom. The summed E-state index contributed by atoms with van der Waals surface area (Å²) in [6.45, 7) is 1.89. The van der Waals surface area contributed by atoms with Gasteiger partial charge >= 0.3 is 0 Å². The van der Waals surface area contributed by atoms with E-state index in [4.69, 9.17) is 5.11 Å². The third-order valence-electron chi connectivity index (χ3n) is 3.27. The lowest BCUT2D eigenvalue weighted by molar-refractivity contribution is 0.0948. The summed E-state index contributed by atoms with van der Waals surface area (Å²) in [5.41, 5.74) is 0.452. The summed E-state index contributed by atoms with van der Waals surface area (Å²) >= 11 is 0. The molecule has 3 N–H and O–H groups in total. The van der Waals surface area contributed by atoms with Crippen LogP contribution in [0.15, 0.2) is 17.7 Å². The van der Waals surface area contributed by atoms with Crippen LogP contribution in [0.2, 0.25) is 0 Å². The number of halogens is 3. The number of rotatable bonds is 4. The average molecular weight is 300 g/mol. The SMILES string of the molecule is O=C(NCCC1=CCNCC1)c1cc(F)c(F)c(O)c1F.